The largest absolute Gasteiger partial charge is 0.391 e. The van der Waals surface area contributed by atoms with Crippen LogP contribution in [0.3, 0.4) is 0 Å². The first-order chi connectivity index (χ1) is 7.33. The van der Waals surface area contributed by atoms with Gasteiger partial charge in [-0.15, -0.1) is 0 Å². The first-order valence-electron chi connectivity index (χ1n) is 5.34. The van der Waals surface area contributed by atoms with Gasteiger partial charge in [-0.05, 0) is 19.9 Å². The Kier molecular flexibility index (Phi) is 2.67. The number of para-hydroxylation sites is 1. The SMILES string of the molecule is C[B]n1c(=C/C)/c(=C\C)c2ccccc21. The third-order valence-electron chi connectivity index (χ3n) is 2.81. The zero-order valence-corrected chi connectivity index (χ0v) is 9.49. The molecular weight excluding hydrogens is 181 g/mol. The van der Waals surface area contributed by atoms with Crippen molar-refractivity contribution in [2.24, 2.45) is 0 Å². The Labute approximate surface area is 91.0 Å². The lowest BCUT2D eigenvalue weighted by Gasteiger charge is -1.99. The Morgan fingerprint density at radius 2 is 1.87 bits per heavy atom. The van der Waals surface area contributed by atoms with Gasteiger partial charge in [-0.3, -0.25) is 0 Å². The summed E-state index contributed by atoms with van der Waals surface area (Å²) in [6.07, 6.45) is 4.34. The molecule has 2 aromatic rings. The van der Waals surface area contributed by atoms with Gasteiger partial charge in [-0.25, -0.2) is 0 Å². The van der Waals surface area contributed by atoms with Crippen LogP contribution >= 0.6 is 0 Å². The van der Waals surface area contributed by atoms with E-state index in [1.807, 2.05) is 0 Å². The van der Waals surface area contributed by atoms with Crippen LogP contribution in [0.1, 0.15) is 13.8 Å². The molecule has 0 atom stereocenters. The predicted molar refractivity (Wildman–Crippen MR) is 68.5 cm³/mol. The van der Waals surface area contributed by atoms with Gasteiger partial charge in [-0.1, -0.05) is 37.2 Å². The van der Waals surface area contributed by atoms with E-state index >= 15 is 0 Å². The van der Waals surface area contributed by atoms with Gasteiger partial charge in [-0.2, -0.15) is 0 Å². The summed E-state index contributed by atoms with van der Waals surface area (Å²) in [7, 11) is 2.12. The van der Waals surface area contributed by atoms with Crippen molar-refractivity contribution in [1.82, 2.24) is 4.48 Å². The summed E-state index contributed by atoms with van der Waals surface area (Å²) in [6, 6.07) is 8.52. The Bertz CT molecular complexity index is 593. The van der Waals surface area contributed by atoms with Gasteiger partial charge in [0.05, 0.1) is 0 Å². The molecule has 1 aromatic carbocycles. The third kappa shape index (κ3) is 1.41. The summed E-state index contributed by atoms with van der Waals surface area (Å²) in [5.74, 6) is 0. The third-order valence-corrected chi connectivity index (χ3v) is 2.81. The maximum Gasteiger partial charge on any atom is 0.249 e. The zero-order chi connectivity index (χ0) is 10.8. The van der Waals surface area contributed by atoms with Crippen molar-refractivity contribution in [3.05, 3.63) is 34.8 Å². The predicted octanol–water partition coefficient (Wildman–Crippen LogP) is 1.76. The second-order valence-corrected chi connectivity index (χ2v) is 3.52. The minimum absolute atomic E-state index is 1.28. The molecule has 1 radical (unpaired) electrons. The summed E-state index contributed by atoms with van der Waals surface area (Å²) >= 11 is 0. The van der Waals surface area contributed by atoms with E-state index in [9.17, 15) is 0 Å². The molecule has 1 aromatic heterocycles. The second-order valence-electron chi connectivity index (χ2n) is 3.52. The van der Waals surface area contributed by atoms with Crippen LogP contribution in [0, 0.1) is 0 Å². The van der Waals surface area contributed by atoms with Gasteiger partial charge in [0.1, 0.15) is 0 Å². The molecule has 0 aliphatic heterocycles. The molecule has 0 amide bonds. The van der Waals surface area contributed by atoms with E-state index in [-0.39, 0.29) is 0 Å². The normalized spacial score (nSPS) is 13.8. The van der Waals surface area contributed by atoms with Gasteiger partial charge in [0.15, 0.2) is 0 Å². The number of hydrogen-bond acceptors (Lipinski definition) is 0. The molecule has 0 aliphatic carbocycles. The van der Waals surface area contributed by atoms with E-state index in [0.717, 1.165) is 0 Å². The number of aromatic nitrogens is 1. The molecule has 1 nitrogen and oxygen atoms in total. The molecule has 0 N–H and O–H groups in total. The lowest BCUT2D eigenvalue weighted by atomic mass is 9.99. The summed E-state index contributed by atoms with van der Waals surface area (Å²) in [4.78, 5) is 0. The highest BCUT2D eigenvalue weighted by atomic mass is 14.9. The van der Waals surface area contributed by atoms with Gasteiger partial charge >= 0.3 is 0 Å². The number of hydrogen-bond donors (Lipinski definition) is 0. The van der Waals surface area contributed by atoms with E-state index in [1.165, 1.54) is 21.5 Å². The standard InChI is InChI=1S/C13H15BN/c1-4-10-11-8-6-7-9-13(11)15(14-3)12(10)5-2/h4-9H,1-3H3/b10-4-,12-5+. The maximum atomic E-state index is 2.24. The number of fused-ring (bicyclic) bond motifs is 1. The topological polar surface area (TPSA) is 4.93 Å². The quantitative estimate of drug-likeness (QED) is 0.612. The molecule has 1 heterocycles. The van der Waals surface area contributed by atoms with E-state index in [1.54, 1.807) is 0 Å². The molecule has 0 fully saturated rings. The summed E-state index contributed by atoms with van der Waals surface area (Å²) in [5, 5.41) is 3.93. The Morgan fingerprint density at radius 3 is 2.47 bits per heavy atom. The van der Waals surface area contributed by atoms with Crippen molar-refractivity contribution in [2.45, 2.75) is 20.7 Å². The monoisotopic (exact) mass is 196 g/mol. The summed E-state index contributed by atoms with van der Waals surface area (Å²) in [5.41, 5.74) is 1.28. The molecule has 0 aliphatic rings. The number of rotatable bonds is 1. The second kappa shape index (κ2) is 3.97. The van der Waals surface area contributed by atoms with Crippen LogP contribution < -0.4 is 10.6 Å². The molecule has 2 heteroatoms. The number of benzene rings is 1. The molecule has 75 valence electrons. The van der Waals surface area contributed by atoms with Crippen LogP contribution in [-0.4, -0.2) is 11.9 Å². The fourth-order valence-corrected chi connectivity index (χ4v) is 2.19. The van der Waals surface area contributed by atoms with Crippen molar-refractivity contribution in [3.63, 3.8) is 0 Å². The van der Waals surface area contributed by atoms with Crippen LogP contribution in [0.2, 0.25) is 6.82 Å². The van der Waals surface area contributed by atoms with Gasteiger partial charge in [0, 0.05) is 21.5 Å². The van der Waals surface area contributed by atoms with Gasteiger partial charge in [0.2, 0.25) is 7.41 Å². The Balaban J connectivity index is 3.11. The van der Waals surface area contributed by atoms with E-state index in [4.69, 9.17) is 0 Å². The zero-order valence-electron chi connectivity index (χ0n) is 9.49. The molecular formula is C13H15BN. The van der Waals surface area contributed by atoms with Gasteiger partial charge < -0.3 is 4.48 Å². The van der Waals surface area contributed by atoms with Crippen LogP contribution in [-0.2, 0) is 0 Å². The minimum atomic E-state index is 1.28. The van der Waals surface area contributed by atoms with Crippen molar-refractivity contribution >= 4 is 30.5 Å². The average molecular weight is 196 g/mol. The fourth-order valence-electron chi connectivity index (χ4n) is 2.19. The van der Waals surface area contributed by atoms with Gasteiger partial charge in [0.25, 0.3) is 0 Å². The van der Waals surface area contributed by atoms with E-state index in [0.29, 0.717) is 0 Å². The lowest BCUT2D eigenvalue weighted by molar-refractivity contribution is 1.20. The first-order valence-corrected chi connectivity index (χ1v) is 5.34. The summed E-state index contributed by atoms with van der Waals surface area (Å²) in [6.45, 7) is 6.24. The first kappa shape index (κ1) is 10.1. The minimum Gasteiger partial charge on any atom is -0.391 e. The van der Waals surface area contributed by atoms with Crippen molar-refractivity contribution in [3.8, 4) is 0 Å². The molecule has 0 spiro atoms. The molecule has 2 rings (SSSR count). The van der Waals surface area contributed by atoms with E-state index < -0.39 is 0 Å². The fraction of sp³-hybridized carbons (Fsp3) is 0.231. The highest BCUT2D eigenvalue weighted by molar-refractivity contribution is 6.33. The molecule has 0 bridgehead atoms. The van der Waals surface area contributed by atoms with Crippen LogP contribution in [0.5, 0.6) is 0 Å². The highest BCUT2D eigenvalue weighted by Crippen LogP contribution is 2.06. The number of nitrogens with zero attached hydrogens (tertiary/aromatic N) is 1. The van der Waals surface area contributed by atoms with Crippen LogP contribution in [0.25, 0.3) is 23.1 Å². The van der Waals surface area contributed by atoms with Crippen LogP contribution in [0.15, 0.2) is 24.3 Å². The molecule has 15 heavy (non-hydrogen) atoms. The average Bonchev–Trinajstić information content (AvgIpc) is 2.61. The van der Waals surface area contributed by atoms with Crippen molar-refractivity contribution in [2.75, 3.05) is 0 Å². The van der Waals surface area contributed by atoms with E-state index in [2.05, 4.69) is 69.0 Å². The molecule has 0 saturated heterocycles. The smallest absolute Gasteiger partial charge is 0.249 e. The van der Waals surface area contributed by atoms with Crippen LogP contribution in [0.4, 0.5) is 0 Å². The highest BCUT2D eigenvalue weighted by Gasteiger charge is 2.03. The Hall–Kier alpha value is -1.44. The molecule has 0 saturated carbocycles. The van der Waals surface area contributed by atoms with Crippen molar-refractivity contribution < 1.29 is 0 Å². The Morgan fingerprint density at radius 1 is 1.13 bits per heavy atom. The molecule has 0 unspecified atom stereocenters. The summed E-state index contributed by atoms with van der Waals surface area (Å²) < 4.78 is 2.24. The maximum absolute atomic E-state index is 2.24. The lowest BCUT2D eigenvalue weighted by Crippen LogP contribution is -2.30. The van der Waals surface area contributed by atoms with Crippen molar-refractivity contribution in [1.29, 1.82) is 0 Å².